The molecular formula is C9H13N3O. The number of aromatic nitrogens is 1. The highest BCUT2D eigenvalue weighted by atomic mass is 16.4. The van der Waals surface area contributed by atoms with Crippen molar-refractivity contribution >= 4 is 5.71 Å². The number of hydrogen-bond donors (Lipinski definition) is 2. The van der Waals surface area contributed by atoms with E-state index in [0.717, 1.165) is 12.0 Å². The number of nitrogens with zero attached hydrogens (tertiary/aromatic N) is 2. The molecule has 3 N–H and O–H groups in total. The number of rotatable bonds is 4. The molecule has 0 aliphatic carbocycles. The van der Waals surface area contributed by atoms with Gasteiger partial charge in [-0.2, -0.15) is 0 Å². The summed E-state index contributed by atoms with van der Waals surface area (Å²) in [5.41, 5.74) is 6.84. The van der Waals surface area contributed by atoms with E-state index in [9.17, 15) is 0 Å². The lowest BCUT2D eigenvalue weighted by molar-refractivity contribution is 0.318. The fourth-order valence-electron chi connectivity index (χ4n) is 1.06. The van der Waals surface area contributed by atoms with Gasteiger partial charge in [-0.3, -0.25) is 4.98 Å². The molecule has 70 valence electrons. The first-order valence-corrected chi connectivity index (χ1v) is 4.20. The van der Waals surface area contributed by atoms with E-state index < -0.39 is 0 Å². The molecule has 0 bridgehead atoms. The topological polar surface area (TPSA) is 71.5 Å². The van der Waals surface area contributed by atoms with Crippen molar-refractivity contribution in [2.45, 2.75) is 12.8 Å². The summed E-state index contributed by atoms with van der Waals surface area (Å²) >= 11 is 0. The van der Waals surface area contributed by atoms with Gasteiger partial charge in [0, 0.05) is 18.0 Å². The van der Waals surface area contributed by atoms with Crippen molar-refractivity contribution in [1.82, 2.24) is 4.98 Å². The maximum Gasteiger partial charge on any atom is 0.0883 e. The van der Waals surface area contributed by atoms with Crippen LogP contribution in [0.25, 0.3) is 0 Å². The molecule has 1 heterocycles. The van der Waals surface area contributed by atoms with Crippen LogP contribution in [0.5, 0.6) is 0 Å². The number of hydrogen-bond acceptors (Lipinski definition) is 4. The van der Waals surface area contributed by atoms with E-state index in [4.69, 9.17) is 10.9 Å². The van der Waals surface area contributed by atoms with Gasteiger partial charge in [0.05, 0.1) is 5.71 Å². The smallest absolute Gasteiger partial charge is 0.0883 e. The highest BCUT2D eigenvalue weighted by Crippen LogP contribution is 2.03. The Morgan fingerprint density at radius 3 is 3.00 bits per heavy atom. The Morgan fingerprint density at radius 1 is 1.62 bits per heavy atom. The Bertz CT molecular complexity index is 271. The normalized spacial score (nSPS) is 11.6. The van der Waals surface area contributed by atoms with E-state index in [-0.39, 0.29) is 0 Å². The second-order valence-electron chi connectivity index (χ2n) is 2.68. The average Bonchev–Trinajstić information content (AvgIpc) is 2.21. The first-order chi connectivity index (χ1) is 6.38. The molecule has 1 rings (SSSR count). The largest absolute Gasteiger partial charge is 0.411 e. The van der Waals surface area contributed by atoms with Gasteiger partial charge in [0.25, 0.3) is 0 Å². The number of oxime groups is 1. The van der Waals surface area contributed by atoms with Gasteiger partial charge in [-0.15, -0.1) is 0 Å². The van der Waals surface area contributed by atoms with Crippen LogP contribution in [-0.4, -0.2) is 22.4 Å². The van der Waals surface area contributed by atoms with Crippen molar-refractivity contribution in [3.8, 4) is 0 Å². The van der Waals surface area contributed by atoms with Gasteiger partial charge in [0.1, 0.15) is 0 Å². The van der Waals surface area contributed by atoms with Gasteiger partial charge in [0.15, 0.2) is 0 Å². The fraction of sp³-hybridized carbons (Fsp3) is 0.333. The third-order valence-corrected chi connectivity index (χ3v) is 1.73. The molecule has 13 heavy (non-hydrogen) atoms. The lowest BCUT2D eigenvalue weighted by Crippen LogP contribution is -2.06. The minimum absolute atomic E-state index is 0.597. The zero-order valence-corrected chi connectivity index (χ0v) is 7.35. The Morgan fingerprint density at radius 2 is 2.46 bits per heavy atom. The molecular weight excluding hydrogens is 166 g/mol. The molecule has 1 aromatic rings. The summed E-state index contributed by atoms with van der Waals surface area (Å²) in [4.78, 5) is 3.94. The molecule has 0 radical (unpaired) electrons. The molecule has 0 aliphatic heterocycles. The van der Waals surface area contributed by atoms with E-state index in [0.29, 0.717) is 18.7 Å². The molecule has 0 saturated carbocycles. The van der Waals surface area contributed by atoms with Crippen LogP contribution < -0.4 is 5.73 Å². The van der Waals surface area contributed by atoms with Gasteiger partial charge in [-0.1, -0.05) is 5.16 Å². The van der Waals surface area contributed by atoms with Gasteiger partial charge in [0.2, 0.25) is 0 Å². The van der Waals surface area contributed by atoms with Gasteiger partial charge in [-0.25, -0.2) is 0 Å². The zero-order valence-electron chi connectivity index (χ0n) is 7.35. The molecule has 0 amide bonds. The lowest BCUT2D eigenvalue weighted by atomic mass is 10.1. The fourth-order valence-corrected chi connectivity index (χ4v) is 1.06. The van der Waals surface area contributed by atoms with Gasteiger partial charge < -0.3 is 10.9 Å². The van der Waals surface area contributed by atoms with Crippen molar-refractivity contribution in [2.24, 2.45) is 10.9 Å². The first kappa shape index (κ1) is 9.67. The zero-order chi connectivity index (χ0) is 9.52. The standard InChI is InChI=1S/C9H13N3O/c10-5-1-4-9(12-13)8-3-2-6-11-7-8/h2-3,6-7,13H,1,4-5,10H2. The summed E-state index contributed by atoms with van der Waals surface area (Å²) < 4.78 is 0. The predicted octanol–water partition coefficient (Wildman–Crippen LogP) is 0.999. The van der Waals surface area contributed by atoms with Crippen LogP contribution in [-0.2, 0) is 0 Å². The molecule has 0 atom stereocenters. The maximum absolute atomic E-state index is 8.73. The summed E-state index contributed by atoms with van der Waals surface area (Å²) in [6.45, 7) is 0.597. The average molecular weight is 179 g/mol. The van der Waals surface area contributed by atoms with Crippen LogP contribution in [0.3, 0.4) is 0 Å². The highest BCUT2D eigenvalue weighted by Gasteiger charge is 2.02. The summed E-state index contributed by atoms with van der Waals surface area (Å²) in [6.07, 6.45) is 4.85. The van der Waals surface area contributed by atoms with E-state index in [2.05, 4.69) is 10.1 Å². The lowest BCUT2D eigenvalue weighted by Gasteiger charge is -2.01. The molecule has 0 unspecified atom stereocenters. The van der Waals surface area contributed by atoms with E-state index in [1.54, 1.807) is 12.4 Å². The Hall–Kier alpha value is -1.42. The van der Waals surface area contributed by atoms with E-state index in [1.165, 1.54) is 0 Å². The van der Waals surface area contributed by atoms with Gasteiger partial charge in [-0.05, 0) is 31.5 Å². The number of pyridine rings is 1. The quantitative estimate of drug-likeness (QED) is 0.411. The van der Waals surface area contributed by atoms with Gasteiger partial charge >= 0.3 is 0 Å². The molecule has 4 heteroatoms. The molecule has 1 aromatic heterocycles. The maximum atomic E-state index is 8.73. The van der Waals surface area contributed by atoms with Crippen LogP contribution in [0, 0.1) is 0 Å². The van der Waals surface area contributed by atoms with Crippen LogP contribution >= 0.6 is 0 Å². The summed E-state index contributed by atoms with van der Waals surface area (Å²) in [7, 11) is 0. The monoisotopic (exact) mass is 179 g/mol. The Kier molecular flexibility index (Phi) is 3.92. The van der Waals surface area contributed by atoms with E-state index >= 15 is 0 Å². The molecule has 0 aromatic carbocycles. The van der Waals surface area contributed by atoms with E-state index in [1.807, 2.05) is 12.1 Å². The van der Waals surface area contributed by atoms with Crippen molar-refractivity contribution in [2.75, 3.05) is 6.54 Å². The Balaban J connectivity index is 2.69. The van der Waals surface area contributed by atoms with Crippen LogP contribution in [0.4, 0.5) is 0 Å². The van der Waals surface area contributed by atoms with Crippen molar-refractivity contribution in [3.63, 3.8) is 0 Å². The second kappa shape index (κ2) is 5.27. The highest BCUT2D eigenvalue weighted by molar-refractivity contribution is 5.99. The van der Waals surface area contributed by atoms with Crippen LogP contribution in [0.1, 0.15) is 18.4 Å². The summed E-state index contributed by atoms with van der Waals surface area (Å²) in [5, 5.41) is 11.9. The SMILES string of the molecule is NCCCC(=NO)c1cccnc1. The van der Waals surface area contributed by atoms with Crippen LogP contribution in [0.15, 0.2) is 29.7 Å². The molecule has 0 fully saturated rings. The summed E-state index contributed by atoms with van der Waals surface area (Å²) in [6, 6.07) is 3.67. The van der Waals surface area contributed by atoms with Crippen molar-refractivity contribution < 1.29 is 5.21 Å². The minimum atomic E-state index is 0.597. The third kappa shape index (κ3) is 2.83. The first-order valence-electron chi connectivity index (χ1n) is 4.20. The third-order valence-electron chi connectivity index (χ3n) is 1.73. The molecule has 0 spiro atoms. The second-order valence-corrected chi connectivity index (χ2v) is 2.68. The summed E-state index contributed by atoms with van der Waals surface area (Å²) in [5.74, 6) is 0. The molecule has 0 aliphatic rings. The molecule has 0 saturated heterocycles. The van der Waals surface area contributed by atoms with Crippen LogP contribution in [0.2, 0.25) is 0 Å². The Labute approximate surface area is 77.1 Å². The predicted molar refractivity (Wildman–Crippen MR) is 50.8 cm³/mol. The minimum Gasteiger partial charge on any atom is -0.411 e. The van der Waals surface area contributed by atoms with Crippen molar-refractivity contribution in [3.05, 3.63) is 30.1 Å². The number of nitrogens with two attached hydrogens (primary N) is 1. The van der Waals surface area contributed by atoms with Crippen molar-refractivity contribution in [1.29, 1.82) is 0 Å². The molecule has 4 nitrogen and oxygen atoms in total.